The standard InChI is InChI=1S/C8H16N4O2/c9-7(8(13)14)2-1-3-11-12-5-4-10-6-12/h6-7,11H,1-5,9H2,(H,13,14)/t7-/m1/s1. The van der Waals surface area contributed by atoms with Gasteiger partial charge in [-0.05, 0) is 12.8 Å². The Labute approximate surface area is 82.8 Å². The monoisotopic (exact) mass is 200 g/mol. The van der Waals surface area contributed by atoms with Gasteiger partial charge in [0.1, 0.15) is 6.04 Å². The van der Waals surface area contributed by atoms with E-state index in [9.17, 15) is 4.79 Å². The van der Waals surface area contributed by atoms with Crippen LogP contribution < -0.4 is 11.2 Å². The summed E-state index contributed by atoms with van der Waals surface area (Å²) in [6.45, 7) is 2.43. The van der Waals surface area contributed by atoms with Gasteiger partial charge in [0.05, 0.1) is 19.4 Å². The van der Waals surface area contributed by atoms with Gasteiger partial charge in [-0.3, -0.25) is 14.8 Å². The van der Waals surface area contributed by atoms with E-state index >= 15 is 0 Å². The van der Waals surface area contributed by atoms with Gasteiger partial charge in [-0.15, -0.1) is 0 Å². The number of hydrazine groups is 1. The molecular weight excluding hydrogens is 184 g/mol. The summed E-state index contributed by atoms with van der Waals surface area (Å²) >= 11 is 0. The van der Waals surface area contributed by atoms with Crippen molar-refractivity contribution in [2.45, 2.75) is 18.9 Å². The minimum atomic E-state index is -0.937. The average molecular weight is 200 g/mol. The second-order valence-electron chi connectivity index (χ2n) is 3.21. The van der Waals surface area contributed by atoms with Crippen molar-refractivity contribution in [3.8, 4) is 0 Å². The van der Waals surface area contributed by atoms with Crippen LogP contribution in [0.4, 0.5) is 0 Å². The van der Waals surface area contributed by atoms with E-state index in [2.05, 4.69) is 10.4 Å². The van der Waals surface area contributed by atoms with E-state index in [0.29, 0.717) is 6.42 Å². The first-order valence-corrected chi connectivity index (χ1v) is 4.68. The highest BCUT2D eigenvalue weighted by atomic mass is 16.4. The van der Waals surface area contributed by atoms with E-state index < -0.39 is 12.0 Å². The molecule has 0 radical (unpaired) electrons. The van der Waals surface area contributed by atoms with Crippen LogP contribution in [-0.2, 0) is 4.79 Å². The minimum absolute atomic E-state index is 0.493. The Hall–Kier alpha value is -1.14. The van der Waals surface area contributed by atoms with Gasteiger partial charge in [0.15, 0.2) is 0 Å². The molecule has 0 saturated carbocycles. The van der Waals surface area contributed by atoms with Crippen LogP contribution in [-0.4, -0.2) is 48.1 Å². The molecule has 14 heavy (non-hydrogen) atoms. The zero-order valence-electron chi connectivity index (χ0n) is 8.02. The third kappa shape index (κ3) is 3.71. The largest absolute Gasteiger partial charge is 0.480 e. The lowest BCUT2D eigenvalue weighted by Gasteiger charge is -2.15. The zero-order valence-corrected chi connectivity index (χ0v) is 8.02. The van der Waals surface area contributed by atoms with Crippen LogP contribution in [0.25, 0.3) is 0 Å². The third-order valence-corrected chi connectivity index (χ3v) is 2.02. The molecule has 0 aromatic carbocycles. The smallest absolute Gasteiger partial charge is 0.320 e. The molecule has 4 N–H and O–H groups in total. The Bertz CT molecular complexity index is 215. The normalized spacial score (nSPS) is 17.4. The number of nitrogens with two attached hydrogens (primary N) is 1. The second kappa shape index (κ2) is 5.56. The van der Waals surface area contributed by atoms with E-state index in [1.807, 2.05) is 5.01 Å². The molecule has 0 spiro atoms. The maximum absolute atomic E-state index is 10.4. The number of carboxylic acid groups (broad SMARTS) is 1. The second-order valence-corrected chi connectivity index (χ2v) is 3.21. The average Bonchev–Trinajstić information content (AvgIpc) is 2.64. The van der Waals surface area contributed by atoms with E-state index in [1.165, 1.54) is 0 Å². The van der Waals surface area contributed by atoms with Gasteiger partial charge in [0, 0.05) is 6.54 Å². The lowest BCUT2D eigenvalue weighted by molar-refractivity contribution is -0.138. The fraction of sp³-hybridized carbons (Fsp3) is 0.750. The zero-order chi connectivity index (χ0) is 10.4. The molecule has 6 heteroatoms. The Morgan fingerprint density at radius 1 is 1.79 bits per heavy atom. The number of nitrogens with one attached hydrogen (secondary N) is 1. The summed E-state index contributed by atoms with van der Waals surface area (Å²) in [7, 11) is 0. The summed E-state index contributed by atoms with van der Waals surface area (Å²) in [5, 5.41) is 10.4. The number of rotatable bonds is 6. The molecule has 0 aromatic heterocycles. The van der Waals surface area contributed by atoms with Crippen molar-refractivity contribution in [2.75, 3.05) is 19.6 Å². The number of hydrogen-bond acceptors (Lipinski definition) is 5. The number of aliphatic carboxylic acids is 1. The van der Waals surface area contributed by atoms with Crippen LogP contribution in [0.2, 0.25) is 0 Å². The van der Waals surface area contributed by atoms with Crippen molar-refractivity contribution in [1.82, 2.24) is 10.4 Å². The number of nitrogens with zero attached hydrogens (tertiary/aromatic N) is 2. The molecule has 0 unspecified atom stereocenters. The molecule has 6 nitrogen and oxygen atoms in total. The first-order valence-electron chi connectivity index (χ1n) is 4.68. The summed E-state index contributed by atoms with van der Waals surface area (Å²) in [6.07, 6.45) is 2.99. The summed E-state index contributed by atoms with van der Waals surface area (Å²) in [5.74, 6) is -0.937. The fourth-order valence-electron chi connectivity index (χ4n) is 1.17. The maximum Gasteiger partial charge on any atom is 0.320 e. The highest BCUT2D eigenvalue weighted by Crippen LogP contribution is 1.94. The van der Waals surface area contributed by atoms with Gasteiger partial charge in [-0.2, -0.15) is 0 Å². The fourth-order valence-corrected chi connectivity index (χ4v) is 1.17. The van der Waals surface area contributed by atoms with Crippen molar-refractivity contribution in [1.29, 1.82) is 0 Å². The van der Waals surface area contributed by atoms with Crippen LogP contribution in [0.5, 0.6) is 0 Å². The molecular formula is C8H16N4O2. The van der Waals surface area contributed by atoms with E-state index in [0.717, 1.165) is 26.1 Å². The first kappa shape index (κ1) is 10.9. The van der Waals surface area contributed by atoms with Crippen molar-refractivity contribution in [3.05, 3.63) is 0 Å². The van der Waals surface area contributed by atoms with Gasteiger partial charge >= 0.3 is 5.97 Å². The number of hydrogen-bond donors (Lipinski definition) is 3. The molecule has 0 saturated heterocycles. The molecule has 0 aliphatic carbocycles. The highest BCUT2D eigenvalue weighted by molar-refractivity contribution is 5.72. The Morgan fingerprint density at radius 2 is 2.57 bits per heavy atom. The van der Waals surface area contributed by atoms with Crippen molar-refractivity contribution >= 4 is 12.3 Å². The summed E-state index contributed by atoms with van der Waals surface area (Å²) in [5.41, 5.74) is 8.45. The van der Waals surface area contributed by atoms with E-state index in [4.69, 9.17) is 10.8 Å². The molecule has 1 heterocycles. The SMILES string of the molecule is N[C@H](CCCNN1C=NCC1)C(=O)O. The molecule has 80 valence electrons. The molecule has 0 aromatic rings. The molecule has 0 fully saturated rings. The van der Waals surface area contributed by atoms with E-state index in [-0.39, 0.29) is 0 Å². The maximum atomic E-state index is 10.4. The molecule has 0 amide bonds. The van der Waals surface area contributed by atoms with Crippen LogP contribution >= 0.6 is 0 Å². The van der Waals surface area contributed by atoms with Crippen molar-refractivity contribution < 1.29 is 9.90 Å². The minimum Gasteiger partial charge on any atom is -0.480 e. The Balaban J connectivity index is 1.98. The molecule has 1 atom stereocenters. The van der Waals surface area contributed by atoms with Gasteiger partial charge < -0.3 is 10.8 Å². The van der Waals surface area contributed by atoms with Crippen molar-refractivity contribution in [3.63, 3.8) is 0 Å². The Morgan fingerprint density at radius 3 is 3.14 bits per heavy atom. The lowest BCUT2D eigenvalue weighted by atomic mass is 10.2. The van der Waals surface area contributed by atoms with Crippen LogP contribution in [0.3, 0.4) is 0 Å². The van der Waals surface area contributed by atoms with Gasteiger partial charge in [0.2, 0.25) is 0 Å². The van der Waals surface area contributed by atoms with E-state index in [1.54, 1.807) is 6.34 Å². The number of aliphatic imine (C=N–C) groups is 1. The Kier molecular flexibility index (Phi) is 4.34. The van der Waals surface area contributed by atoms with Crippen LogP contribution in [0, 0.1) is 0 Å². The number of carbonyl (C=O) groups is 1. The first-order chi connectivity index (χ1) is 6.70. The lowest BCUT2D eigenvalue weighted by Crippen LogP contribution is -2.37. The molecule has 1 aliphatic rings. The van der Waals surface area contributed by atoms with Crippen LogP contribution in [0.15, 0.2) is 4.99 Å². The van der Waals surface area contributed by atoms with Crippen LogP contribution in [0.1, 0.15) is 12.8 Å². The summed E-state index contributed by atoms with van der Waals surface area (Å²) in [4.78, 5) is 14.4. The summed E-state index contributed by atoms with van der Waals surface area (Å²) < 4.78 is 0. The quantitative estimate of drug-likeness (QED) is 0.480. The molecule has 0 bridgehead atoms. The summed E-state index contributed by atoms with van der Waals surface area (Å²) in [6, 6.07) is -0.746. The van der Waals surface area contributed by atoms with Crippen molar-refractivity contribution in [2.24, 2.45) is 10.7 Å². The van der Waals surface area contributed by atoms with Gasteiger partial charge in [-0.1, -0.05) is 0 Å². The molecule has 1 aliphatic heterocycles. The molecule has 1 rings (SSSR count). The third-order valence-electron chi connectivity index (χ3n) is 2.02. The van der Waals surface area contributed by atoms with Gasteiger partial charge in [0.25, 0.3) is 0 Å². The highest BCUT2D eigenvalue weighted by Gasteiger charge is 2.10. The topological polar surface area (TPSA) is 91.0 Å². The number of carboxylic acids is 1. The van der Waals surface area contributed by atoms with Gasteiger partial charge in [-0.25, -0.2) is 5.43 Å². The predicted octanol–water partition coefficient (Wildman–Crippen LogP) is -0.973. The predicted molar refractivity (Wildman–Crippen MR) is 52.9 cm³/mol.